The van der Waals surface area contributed by atoms with Crippen LogP contribution in [0.3, 0.4) is 0 Å². The smallest absolute Gasteiger partial charge is 0.303 e. The fourth-order valence-electron chi connectivity index (χ4n) is 4.42. The number of amides is 2. The number of ether oxygens (including phenoxy) is 1. The van der Waals surface area contributed by atoms with Gasteiger partial charge in [0.05, 0.1) is 22.9 Å². The standard InChI is InChI=1S/C30H37ClN4O5/c1-6-35-17-26(34-29(35)19(4)32-20(5)36)22-9-7-21(8-10-22)15-24(12-14-28(37)38)33-30(39)23-11-13-27(25(31)16-23)40-18(2)3/h7-11,13,16-19,24H,6,12,14-15H2,1-5H3,(H,32,36)(H,33,39)(H,37,38)/t19-,24-/m1/s1. The maximum Gasteiger partial charge on any atom is 0.303 e. The summed E-state index contributed by atoms with van der Waals surface area (Å²) in [5.74, 6) is -0.109. The number of aliphatic carboxylic acids is 1. The van der Waals surface area contributed by atoms with Gasteiger partial charge in [0, 0.05) is 43.3 Å². The van der Waals surface area contributed by atoms with Gasteiger partial charge in [-0.05, 0) is 64.3 Å². The van der Waals surface area contributed by atoms with Crippen LogP contribution in [0, 0.1) is 0 Å². The number of carbonyl (C=O) groups is 3. The van der Waals surface area contributed by atoms with Gasteiger partial charge < -0.3 is 25.0 Å². The summed E-state index contributed by atoms with van der Waals surface area (Å²) < 4.78 is 7.64. The van der Waals surface area contributed by atoms with Crippen molar-refractivity contribution in [2.75, 3.05) is 0 Å². The SMILES string of the molecule is CCn1cc(-c2ccc(C[C@@H](CCC(=O)O)NC(=O)c3ccc(OC(C)C)c(Cl)c3)cc2)nc1[C@@H](C)NC(C)=O. The molecule has 0 aliphatic rings. The van der Waals surface area contributed by atoms with Gasteiger partial charge in [-0.25, -0.2) is 4.98 Å². The minimum absolute atomic E-state index is 0.0549. The molecule has 10 heteroatoms. The first kappa shape index (κ1) is 30.7. The molecule has 0 unspecified atom stereocenters. The zero-order chi connectivity index (χ0) is 29.4. The number of benzene rings is 2. The second-order valence-electron chi connectivity index (χ2n) is 10.0. The Labute approximate surface area is 239 Å². The van der Waals surface area contributed by atoms with Crippen molar-refractivity contribution in [1.82, 2.24) is 20.2 Å². The third-order valence-corrected chi connectivity index (χ3v) is 6.58. The van der Waals surface area contributed by atoms with Gasteiger partial charge in [0.25, 0.3) is 5.91 Å². The van der Waals surface area contributed by atoms with Crippen LogP contribution in [-0.2, 0) is 22.6 Å². The third kappa shape index (κ3) is 8.58. The predicted molar refractivity (Wildman–Crippen MR) is 155 cm³/mol. The number of carbonyl (C=O) groups excluding carboxylic acids is 2. The fourth-order valence-corrected chi connectivity index (χ4v) is 4.64. The number of carboxylic acid groups (broad SMARTS) is 1. The molecule has 0 spiro atoms. The summed E-state index contributed by atoms with van der Waals surface area (Å²) in [5, 5.41) is 15.4. The minimum Gasteiger partial charge on any atom is -0.489 e. The van der Waals surface area contributed by atoms with Gasteiger partial charge >= 0.3 is 5.97 Å². The number of carboxylic acids is 1. The third-order valence-electron chi connectivity index (χ3n) is 6.29. The summed E-state index contributed by atoms with van der Waals surface area (Å²) >= 11 is 6.30. The Morgan fingerprint density at radius 1 is 1.07 bits per heavy atom. The highest BCUT2D eigenvalue weighted by molar-refractivity contribution is 6.32. The van der Waals surface area contributed by atoms with E-state index in [1.807, 2.05) is 62.7 Å². The Balaban J connectivity index is 1.74. The Kier molecular flexibility index (Phi) is 10.7. The molecule has 3 N–H and O–H groups in total. The molecule has 0 aliphatic heterocycles. The highest BCUT2D eigenvalue weighted by atomic mass is 35.5. The van der Waals surface area contributed by atoms with E-state index >= 15 is 0 Å². The highest BCUT2D eigenvalue weighted by Crippen LogP contribution is 2.27. The van der Waals surface area contributed by atoms with Crippen LogP contribution in [0.2, 0.25) is 5.02 Å². The van der Waals surface area contributed by atoms with Gasteiger partial charge in [0.2, 0.25) is 5.91 Å². The average molecular weight is 569 g/mol. The van der Waals surface area contributed by atoms with E-state index in [0.29, 0.717) is 29.3 Å². The number of nitrogens with one attached hydrogen (secondary N) is 2. The van der Waals surface area contributed by atoms with Crippen molar-refractivity contribution in [2.45, 2.75) is 78.6 Å². The van der Waals surface area contributed by atoms with Gasteiger partial charge in [-0.2, -0.15) is 0 Å². The Morgan fingerprint density at radius 3 is 2.35 bits per heavy atom. The summed E-state index contributed by atoms with van der Waals surface area (Å²) in [6.45, 7) is 9.89. The predicted octanol–water partition coefficient (Wildman–Crippen LogP) is 5.41. The number of imidazole rings is 1. The number of hydrogen-bond donors (Lipinski definition) is 3. The second kappa shape index (κ2) is 14.0. The molecule has 214 valence electrons. The normalized spacial score (nSPS) is 12.6. The highest BCUT2D eigenvalue weighted by Gasteiger charge is 2.19. The van der Waals surface area contributed by atoms with Crippen LogP contribution in [0.1, 0.15) is 75.2 Å². The van der Waals surface area contributed by atoms with E-state index in [2.05, 4.69) is 10.6 Å². The molecule has 2 aromatic carbocycles. The molecule has 0 fully saturated rings. The van der Waals surface area contributed by atoms with Crippen LogP contribution in [0.4, 0.5) is 0 Å². The first-order valence-electron chi connectivity index (χ1n) is 13.4. The molecule has 9 nitrogen and oxygen atoms in total. The lowest BCUT2D eigenvalue weighted by molar-refractivity contribution is -0.137. The molecule has 0 radical (unpaired) electrons. The van der Waals surface area contributed by atoms with Crippen molar-refractivity contribution in [2.24, 2.45) is 0 Å². The summed E-state index contributed by atoms with van der Waals surface area (Å²) in [6, 6.07) is 12.0. The molecule has 2 amide bonds. The molecule has 3 aromatic rings. The fraction of sp³-hybridized carbons (Fsp3) is 0.400. The van der Waals surface area contributed by atoms with Crippen molar-refractivity contribution in [3.63, 3.8) is 0 Å². The molecular weight excluding hydrogens is 532 g/mol. The van der Waals surface area contributed by atoms with Crippen molar-refractivity contribution >= 4 is 29.4 Å². The first-order valence-corrected chi connectivity index (χ1v) is 13.8. The monoisotopic (exact) mass is 568 g/mol. The number of rotatable bonds is 13. The largest absolute Gasteiger partial charge is 0.489 e. The topological polar surface area (TPSA) is 123 Å². The number of nitrogens with zero attached hydrogens (tertiary/aromatic N) is 2. The van der Waals surface area contributed by atoms with Gasteiger partial charge in [-0.3, -0.25) is 14.4 Å². The molecule has 2 atom stereocenters. The van der Waals surface area contributed by atoms with Crippen molar-refractivity contribution in [3.05, 3.63) is 70.6 Å². The quantitative estimate of drug-likeness (QED) is 0.253. The number of halogens is 1. The van der Waals surface area contributed by atoms with Crippen LogP contribution in [-0.4, -0.2) is 44.6 Å². The molecule has 0 aliphatic carbocycles. The van der Waals surface area contributed by atoms with Crippen LogP contribution >= 0.6 is 11.6 Å². The lowest BCUT2D eigenvalue weighted by Crippen LogP contribution is -2.37. The lowest BCUT2D eigenvalue weighted by Gasteiger charge is -2.19. The van der Waals surface area contributed by atoms with Crippen molar-refractivity contribution in [1.29, 1.82) is 0 Å². The molecular formula is C30H37ClN4O5. The summed E-state index contributed by atoms with van der Waals surface area (Å²) in [7, 11) is 0. The molecule has 1 heterocycles. The number of aromatic nitrogens is 2. The maximum atomic E-state index is 13.0. The molecule has 0 saturated heterocycles. The van der Waals surface area contributed by atoms with Gasteiger partial charge in [-0.1, -0.05) is 35.9 Å². The van der Waals surface area contributed by atoms with E-state index in [0.717, 1.165) is 22.6 Å². The van der Waals surface area contributed by atoms with Crippen molar-refractivity contribution in [3.8, 4) is 17.0 Å². The van der Waals surface area contributed by atoms with Crippen LogP contribution in [0.5, 0.6) is 5.75 Å². The van der Waals surface area contributed by atoms with E-state index in [4.69, 9.17) is 21.3 Å². The van der Waals surface area contributed by atoms with E-state index < -0.39 is 12.0 Å². The molecule has 3 rings (SSSR count). The zero-order valence-corrected chi connectivity index (χ0v) is 24.3. The average Bonchev–Trinajstić information content (AvgIpc) is 3.33. The van der Waals surface area contributed by atoms with E-state index in [-0.39, 0.29) is 36.8 Å². The van der Waals surface area contributed by atoms with E-state index in [1.165, 1.54) is 6.92 Å². The van der Waals surface area contributed by atoms with Gasteiger partial charge in [-0.15, -0.1) is 0 Å². The summed E-state index contributed by atoms with van der Waals surface area (Å²) in [6.07, 6.45) is 2.56. The minimum atomic E-state index is -0.927. The maximum absolute atomic E-state index is 13.0. The number of hydrogen-bond acceptors (Lipinski definition) is 5. The van der Waals surface area contributed by atoms with Gasteiger partial charge in [0.15, 0.2) is 0 Å². The van der Waals surface area contributed by atoms with Gasteiger partial charge in [0.1, 0.15) is 11.6 Å². The van der Waals surface area contributed by atoms with Crippen LogP contribution in [0.15, 0.2) is 48.7 Å². The molecule has 0 bridgehead atoms. The summed E-state index contributed by atoms with van der Waals surface area (Å²) in [5.41, 5.74) is 3.02. The Morgan fingerprint density at radius 2 is 1.77 bits per heavy atom. The molecule has 1 aromatic heterocycles. The summed E-state index contributed by atoms with van der Waals surface area (Å²) in [4.78, 5) is 40.5. The zero-order valence-electron chi connectivity index (χ0n) is 23.5. The van der Waals surface area contributed by atoms with Crippen LogP contribution < -0.4 is 15.4 Å². The molecule has 40 heavy (non-hydrogen) atoms. The molecule has 0 saturated carbocycles. The van der Waals surface area contributed by atoms with Crippen LogP contribution in [0.25, 0.3) is 11.3 Å². The lowest BCUT2D eigenvalue weighted by atomic mass is 9.99. The van der Waals surface area contributed by atoms with Crippen molar-refractivity contribution < 1.29 is 24.2 Å². The Bertz CT molecular complexity index is 1340. The van der Waals surface area contributed by atoms with E-state index in [9.17, 15) is 19.5 Å². The Hall–Kier alpha value is -3.85. The number of aryl methyl sites for hydroxylation is 1. The second-order valence-corrected chi connectivity index (χ2v) is 10.4. The van der Waals surface area contributed by atoms with E-state index in [1.54, 1.807) is 18.2 Å². The first-order chi connectivity index (χ1) is 19.0.